The van der Waals surface area contributed by atoms with Crippen molar-refractivity contribution in [1.29, 1.82) is 0 Å². The number of likely N-dealkylation sites (N-methyl/N-ethyl adjacent to an activating group) is 1. The minimum Gasteiger partial charge on any atom is -0.383 e. The first-order chi connectivity index (χ1) is 9.22. The quantitative estimate of drug-likeness (QED) is 0.693. The van der Waals surface area contributed by atoms with E-state index in [0.29, 0.717) is 12.1 Å². The van der Waals surface area contributed by atoms with Crippen LogP contribution in [0.15, 0.2) is 0 Å². The topological polar surface area (TPSA) is 33.7 Å². The monoisotopic (exact) mass is 272 g/mol. The summed E-state index contributed by atoms with van der Waals surface area (Å²) >= 11 is 0. The van der Waals surface area contributed by atoms with E-state index in [4.69, 9.17) is 9.47 Å². The molecule has 0 aliphatic heterocycles. The number of hydrogen-bond acceptors (Lipinski definition) is 4. The summed E-state index contributed by atoms with van der Waals surface area (Å²) in [5.74, 6) is 0.826. The lowest BCUT2D eigenvalue weighted by molar-refractivity contribution is 0.0498. The van der Waals surface area contributed by atoms with Gasteiger partial charge in [0.25, 0.3) is 0 Å². The van der Waals surface area contributed by atoms with Gasteiger partial charge in [-0.15, -0.1) is 0 Å². The van der Waals surface area contributed by atoms with Gasteiger partial charge in [-0.3, -0.25) is 4.90 Å². The molecule has 0 saturated heterocycles. The largest absolute Gasteiger partial charge is 0.383 e. The number of nitrogens with zero attached hydrogens (tertiary/aromatic N) is 1. The van der Waals surface area contributed by atoms with Gasteiger partial charge in [-0.05, 0) is 31.7 Å². The van der Waals surface area contributed by atoms with E-state index < -0.39 is 0 Å². The van der Waals surface area contributed by atoms with E-state index >= 15 is 0 Å². The van der Waals surface area contributed by atoms with Crippen LogP contribution in [-0.4, -0.2) is 64.1 Å². The molecule has 0 aromatic rings. The molecule has 114 valence electrons. The molecule has 1 saturated carbocycles. The molecule has 1 N–H and O–H groups in total. The predicted molar refractivity (Wildman–Crippen MR) is 79.6 cm³/mol. The Labute approximate surface area is 118 Å². The summed E-state index contributed by atoms with van der Waals surface area (Å²) in [4.78, 5) is 2.55. The number of nitrogens with one attached hydrogen (secondary N) is 1. The molecule has 1 fully saturated rings. The second kappa shape index (κ2) is 9.70. The first-order valence-electron chi connectivity index (χ1n) is 7.68. The van der Waals surface area contributed by atoms with Crippen molar-refractivity contribution in [1.82, 2.24) is 10.2 Å². The van der Waals surface area contributed by atoms with Gasteiger partial charge in [-0.1, -0.05) is 13.8 Å². The standard InChI is InChI=1S/C15H32N2O2/c1-5-16-14-7-6-13(2)12-15(14)17(8-10-18-3)9-11-19-4/h13-16H,5-12H2,1-4H3. The van der Waals surface area contributed by atoms with Crippen LogP contribution in [0.5, 0.6) is 0 Å². The molecule has 0 heterocycles. The highest BCUT2D eigenvalue weighted by molar-refractivity contribution is 4.90. The van der Waals surface area contributed by atoms with Crippen LogP contribution in [0.25, 0.3) is 0 Å². The lowest BCUT2D eigenvalue weighted by Gasteiger charge is -2.42. The fourth-order valence-corrected chi connectivity index (χ4v) is 3.12. The maximum atomic E-state index is 5.26. The number of rotatable bonds is 9. The molecule has 19 heavy (non-hydrogen) atoms. The number of hydrogen-bond donors (Lipinski definition) is 1. The minimum atomic E-state index is 0.619. The average Bonchev–Trinajstić information content (AvgIpc) is 2.41. The van der Waals surface area contributed by atoms with Gasteiger partial charge in [-0.25, -0.2) is 0 Å². The highest BCUT2D eigenvalue weighted by atomic mass is 16.5. The van der Waals surface area contributed by atoms with E-state index in [1.807, 2.05) is 0 Å². The van der Waals surface area contributed by atoms with Crippen LogP contribution in [0.2, 0.25) is 0 Å². The van der Waals surface area contributed by atoms with Gasteiger partial charge in [0, 0.05) is 39.4 Å². The third-order valence-corrected chi connectivity index (χ3v) is 4.18. The Morgan fingerprint density at radius 2 is 1.74 bits per heavy atom. The third-order valence-electron chi connectivity index (χ3n) is 4.18. The zero-order valence-corrected chi connectivity index (χ0v) is 13.2. The molecular weight excluding hydrogens is 240 g/mol. The van der Waals surface area contributed by atoms with E-state index in [9.17, 15) is 0 Å². The highest BCUT2D eigenvalue weighted by Gasteiger charge is 2.32. The van der Waals surface area contributed by atoms with Crippen LogP contribution < -0.4 is 5.32 Å². The van der Waals surface area contributed by atoms with Crippen molar-refractivity contribution in [3.63, 3.8) is 0 Å². The highest BCUT2D eigenvalue weighted by Crippen LogP contribution is 2.27. The van der Waals surface area contributed by atoms with E-state index in [2.05, 4.69) is 24.1 Å². The summed E-state index contributed by atoms with van der Waals surface area (Å²) in [6.07, 6.45) is 3.91. The zero-order chi connectivity index (χ0) is 14.1. The number of methoxy groups -OCH3 is 2. The lowest BCUT2D eigenvalue weighted by atomic mass is 9.82. The molecule has 3 atom stereocenters. The van der Waals surface area contributed by atoms with Crippen LogP contribution in [0.1, 0.15) is 33.1 Å². The molecule has 0 aromatic carbocycles. The zero-order valence-electron chi connectivity index (χ0n) is 13.2. The van der Waals surface area contributed by atoms with Gasteiger partial charge in [0.15, 0.2) is 0 Å². The third kappa shape index (κ3) is 5.78. The van der Waals surface area contributed by atoms with Crippen LogP contribution in [0.4, 0.5) is 0 Å². The Bertz CT molecular complexity index is 218. The van der Waals surface area contributed by atoms with Crippen molar-refractivity contribution in [2.24, 2.45) is 5.92 Å². The van der Waals surface area contributed by atoms with Gasteiger partial charge in [0.2, 0.25) is 0 Å². The molecule has 3 unspecified atom stereocenters. The summed E-state index contributed by atoms with van der Waals surface area (Å²) in [6, 6.07) is 1.24. The molecule has 1 aliphatic carbocycles. The van der Waals surface area contributed by atoms with Crippen LogP contribution in [0, 0.1) is 5.92 Å². The summed E-state index contributed by atoms with van der Waals surface area (Å²) in [5, 5.41) is 3.67. The van der Waals surface area contributed by atoms with Gasteiger partial charge >= 0.3 is 0 Å². The van der Waals surface area contributed by atoms with E-state index in [1.165, 1.54) is 19.3 Å². The van der Waals surface area contributed by atoms with Gasteiger partial charge in [-0.2, -0.15) is 0 Å². The Hall–Kier alpha value is -0.160. The first kappa shape index (κ1) is 16.9. The SMILES string of the molecule is CCNC1CCC(C)CC1N(CCOC)CCOC. The molecule has 0 aromatic heterocycles. The van der Waals surface area contributed by atoms with E-state index in [0.717, 1.165) is 38.8 Å². The lowest BCUT2D eigenvalue weighted by Crippen LogP contribution is -2.54. The predicted octanol–water partition coefficient (Wildman–Crippen LogP) is 1.75. The van der Waals surface area contributed by atoms with E-state index in [1.54, 1.807) is 14.2 Å². The Morgan fingerprint density at radius 3 is 2.26 bits per heavy atom. The van der Waals surface area contributed by atoms with Crippen molar-refractivity contribution in [2.45, 2.75) is 45.2 Å². The summed E-state index contributed by atoms with van der Waals surface area (Å²) in [7, 11) is 3.56. The minimum absolute atomic E-state index is 0.619. The van der Waals surface area contributed by atoms with Crippen LogP contribution >= 0.6 is 0 Å². The van der Waals surface area contributed by atoms with Crippen molar-refractivity contribution in [3.8, 4) is 0 Å². The second-order valence-corrected chi connectivity index (χ2v) is 5.67. The van der Waals surface area contributed by atoms with Crippen molar-refractivity contribution >= 4 is 0 Å². The summed E-state index contributed by atoms with van der Waals surface area (Å²) in [5.41, 5.74) is 0. The molecule has 1 aliphatic rings. The molecule has 0 amide bonds. The van der Waals surface area contributed by atoms with Gasteiger partial charge in [0.05, 0.1) is 13.2 Å². The fourth-order valence-electron chi connectivity index (χ4n) is 3.12. The number of ether oxygens (including phenoxy) is 2. The van der Waals surface area contributed by atoms with Crippen LogP contribution in [0.3, 0.4) is 0 Å². The van der Waals surface area contributed by atoms with Gasteiger partial charge < -0.3 is 14.8 Å². The summed E-state index contributed by atoms with van der Waals surface area (Å²) in [6.45, 7) is 9.22. The molecule has 1 rings (SSSR count). The summed E-state index contributed by atoms with van der Waals surface area (Å²) < 4.78 is 10.5. The second-order valence-electron chi connectivity index (χ2n) is 5.67. The van der Waals surface area contributed by atoms with Gasteiger partial charge in [0.1, 0.15) is 0 Å². The molecule has 0 spiro atoms. The molecule has 0 radical (unpaired) electrons. The molecule has 4 nitrogen and oxygen atoms in total. The van der Waals surface area contributed by atoms with Crippen LogP contribution in [-0.2, 0) is 9.47 Å². The molecular formula is C15H32N2O2. The Kier molecular flexibility index (Phi) is 8.62. The normalized spacial score (nSPS) is 27.9. The first-order valence-corrected chi connectivity index (χ1v) is 7.68. The Balaban J connectivity index is 2.63. The average molecular weight is 272 g/mol. The van der Waals surface area contributed by atoms with E-state index in [-0.39, 0.29) is 0 Å². The fraction of sp³-hybridized carbons (Fsp3) is 1.00. The van der Waals surface area contributed by atoms with Crippen molar-refractivity contribution in [3.05, 3.63) is 0 Å². The van der Waals surface area contributed by atoms with Crippen molar-refractivity contribution in [2.75, 3.05) is 47.1 Å². The maximum absolute atomic E-state index is 5.26. The Morgan fingerprint density at radius 1 is 1.11 bits per heavy atom. The smallest absolute Gasteiger partial charge is 0.0589 e. The maximum Gasteiger partial charge on any atom is 0.0589 e. The molecule has 0 bridgehead atoms. The van der Waals surface area contributed by atoms with Crippen molar-refractivity contribution < 1.29 is 9.47 Å². The molecule has 4 heteroatoms.